The summed E-state index contributed by atoms with van der Waals surface area (Å²) >= 11 is 1.61. The first-order valence-corrected chi connectivity index (χ1v) is 11.2. The summed E-state index contributed by atoms with van der Waals surface area (Å²) in [6, 6.07) is 15.0. The van der Waals surface area contributed by atoms with Crippen molar-refractivity contribution >= 4 is 28.6 Å². The van der Waals surface area contributed by atoms with Crippen molar-refractivity contribution in [3.05, 3.63) is 65.4 Å². The zero-order valence-corrected chi connectivity index (χ0v) is 17.9. The molecule has 2 aromatic carbocycles. The second-order valence-corrected chi connectivity index (χ2v) is 8.81. The Hall–Kier alpha value is -2.24. The van der Waals surface area contributed by atoms with Gasteiger partial charge in [-0.15, -0.1) is 11.8 Å². The minimum atomic E-state index is 0.0665. The van der Waals surface area contributed by atoms with E-state index in [4.69, 9.17) is 4.74 Å². The van der Waals surface area contributed by atoms with Crippen LogP contribution in [0.15, 0.2) is 53.6 Å². The SMILES string of the molecule is Cc1ccc(C)c(Cn2cc(SCC(=O)NC[C@H]3CCCO3)c3ccccc32)c1. The van der Waals surface area contributed by atoms with Gasteiger partial charge in [0.25, 0.3) is 0 Å². The number of thioether (sulfide) groups is 1. The van der Waals surface area contributed by atoms with E-state index >= 15 is 0 Å². The van der Waals surface area contributed by atoms with Crippen LogP contribution in [0.3, 0.4) is 0 Å². The molecule has 1 aliphatic heterocycles. The van der Waals surface area contributed by atoms with Crippen molar-refractivity contribution in [2.75, 3.05) is 18.9 Å². The number of aromatic nitrogens is 1. The molecule has 0 spiro atoms. The third-order valence-electron chi connectivity index (χ3n) is 5.51. The highest BCUT2D eigenvalue weighted by Crippen LogP contribution is 2.31. The highest BCUT2D eigenvalue weighted by molar-refractivity contribution is 8.00. The molecule has 1 aliphatic rings. The highest BCUT2D eigenvalue weighted by Gasteiger charge is 2.17. The van der Waals surface area contributed by atoms with Crippen molar-refractivity contribution < 1.29 is 9.53 Å². The fourth-order valence-corrected chi connectivity index (χ4v) is 4.76. The number of benzene rings is 2. The first-order valence-electron chi connectivity index (χ1n) is 10.3. The van der Waals surface area contributed by atoms with Crippen LogP contribution in [0.2, 0.25) is 0 Å². The Bertz CT molecular complexity index is 1010. The molecule has 1 atom stereocenters. The van der Waals surface area contributed by atoms with Crippen LogP contribution in [0.25, 0.3) is 10.9 Å². The van der Waals surface area contributed by atoms with E-state index in [1.807, 2.05) is 0 Å². The molecule has 1 N–H and O–H groups in total. The van der Waals surface area contributed by atoms with Gasteiger partial charge >= 0.3 is 0 Å². The molecule has 29 heavy (non-hydrogen) atoms. The van der Waals surface area contributed by atoms with Crippen molar-refractivity contribution in [1.82, 2.24) is 9.88 Å². The second-order valence-electron chi connectivity index (χ2n) is 7.80. The van der Waals surface area contributed by atoms with Gasteiger partial charge in [0, 0.05) is 41.7 Å². The maximum Gasteiger partial charge on any atom is 0.230 e. The summed E-state index contributed by atoms with van der Waals surface area (Å²) in [7, 11) is 0. The fourth-order valence-electron chi connectivity index (χ4n) is 3.84. The van der Waals surface area contributed by atoms with Crippen LogP contribution in [0, 0.1) is 13.8 Å². The molecule has 5 heteroatoms. The number of carbonyl (C=O) groups is 1. The van der Waals surface area contributed by atoms with Gasteiger partial charge in [0.1, 0.15) is 0 Å². The molecule has 1 amide bonds. The van der Waals surface area contributed by atoms with Gasteiger partial charge in [-0.25, -0.2) is 0 Å². The molecule has 3 aromatic rings. The van der Waals surface area contributed by atoms with Gasteiger partial charge in [-0.05, 0) is 43.9 Å². The summed E-state index contributed by atoms with van der Waals surface area (Å²) in [5, 5.41) is 4.22. The first kappa shape index (κ1) is 20.0. The van der Waals surface area contributed by atoms with E-state index in [-0.39, 0.29) is 12.0 Å². The maximum absolute atomic E-state index is 12.3. The molecule has 2 heterocycles. The first-order chi connectivity index (χ1) is 14.1. The van der Waals surface area contributed by atoms with Gasteiger partial charge in [-0.3, -0.25) is 4.79 Å². The van der Waals surface area contributed by atoms with Crippen LogP contribution in [-0.2, 0) is 16.1 Å². The van der Waals surface area contributed by atoms with Crippen LogP contribution in [0.4, 0.5) is 0 Å². The van der Waals surface area contributed by atoms with Crippen molar-refractivity contribution in [2.45, 2.75) is 44.2 Å². The van der Waals surface area contributed by atoms with E-state index in [1.165, 1.54) is 27.6 Å². The summed E-state index contributed by atoms with van der Waals surface area (Å²) < 4.78 is 7.87. The average molecular weight is 409 g/mol. The molecular formula is C24H28N2O2S. The lowest BCUT2D eigenvalue weighted by Crippen LogP contribution is -2.32. The van der Waals surface area contributed by atoms with Crippen molar-refractivity contribution in [3.63, 3.8) is 0 Å². The number of nitrogens with one attached hydrogen (secondary N) is 1. The molecule has 4 nitrogen and oxygen atoms in total. The number of fused-ring (bicyclic) bond motifs is 1. The molecule has 4 rings (SSSR count). The number of nitrogens with zero attached hydrogens (tertiary/aromatic N) is 1. The lowest BCUT2D eigenvalue weighted by atomic mass is 10.1. The molecule has 0 unspecified atom stereocenters. The maximum atomic E-state index is 12.3. The number of amides is 1. The molecular weight excluding hydrogens is 380 g/mol. The Morgan fingerprint density at radius 1 is 1.24 bits per heavy atom. The largest absolute Gasteiger partial charge is 0.376 e. The molecule has 0 bridgehead atoms. The fraction of sp³-hybridized carbons (Fsp3) is 0.375. The van der Waals surface area contributed by atoms with E-state index in [2.05, 4.69) is 72.4 Å². The summed E-state index contributed by atoms with van der Waals surface area (Å²) in [5.41, 5.74) is 5.11. The summed E-state index contributed by atoms with van der Waals surface area (Å²) in [4.78, 5) is 13.4. The van der Waals surface area contributed by atoms with E-state index in [1.54, 1.807) is 11.8 Å². The number of aryl methyl sites for hydroxylation is 2. The van der Waals surface area contributed by atoms with E-state index in [0.717, 1.165) is 30.9 Å². The molecule has 1 saturated heterocycles. The Morgan fingerprint density at radius 3 is 2.93 bits per heavy atom. The molecule has 0 aliphatic carbocycles. The number of para-hydroxylation sites is 1. The predicted molar refractivity (Wildman–Crippen MR) is 120 cm³/mol. The van der Waals surface area contributed by atoms with Crippen LogP contribution in [0.1, 0.15) is 29.5 Å². The van der Waals surface area contributed by atoms with Gasteiger partial charge < -0.3 is 14.6 Å². The second kappa shape index (κ2) is 9.06. The standard InChI is InChI=1S/C24H28N2O2S/c1-17-9-10-18(2)19(12-17)14-26-15-23(21-7-3-4-8-22(21)26)29-16-24(27)25-13-20-6-5-11-28-20/h3-4,7-10,12,15,20H,5-6,11,13-14,16H2,1-2H3,(H,25,27)/t20-/m1/s1. The van der Waals surface area contributed by atoms with Crippen LogP contribution < -0.4 is 5.32 Å². The van der Waals surface area contributed by atoms with Crippen molar-refractivity contribution in [1.29, 1.82) is 0 Å². The molecule has 0 radical (unpaired) electrons. The zero-order chi connectivity index (χ0) is 20.2. The van der Waals surface area contributed by atoms with Crippen LogP contribution in [-0.4, -0.2) is 35.5 Å². The summed E-state index contributed by atoms with van der Waals surface area (Å²) in [6.45, 7) is 6.56. The van der Waals surface area contributed by atoms with Crippen molar-refractivity contribution in [2.24, 2.45) is 0 Å². The van der Waals surface area contributed by atoms with Gasteiger partial charge in [0.15, 0.2) is 0 Å². The highest BCUT2D eigenvalue weighted by atomic mass is 32.2. The number of rotatable bonds is 7. The van der Waals surface area contributed by atoms with Gasteiger partial charge in [0.05, 0.1) is 11.9 Å². The van der Waals surface area contributed by atoms with E-state index < -0.39 is 0 Å². The Labute approximate surface area is 176 Å². The van der Waals surface area contributed by atoms with E-state index in [9.17, 15) is 4.79 Å². The van der Waals surface area contributed by atoms with Gasteiger partial charge in [-0.2, -0.15) is 0 Å². The summed E-state index contributed by atoms with van der Waals surface area (Å²) in [6.07, 6.45) is 4.50. The van der Waals surface area contributed by atoms with Crippen LogP contribution in [0.5, 0.6) is 0 Å². The lowest BCUT2D eigenvalue weighted by molar-refractivity contribution is -0.119. The average Bonchev–Trinajstić information content (AvgIpc) is 3.36. The normalized spacial score (nSPS) is 16.4. The third kappa shape index (κ3) is 4.85. The zero-order valence-electron chi connectivity index (χ0n) is 17.1. The monoisotopic (exact) mass is 408 g/mol. The molecule has 1 aromatic heterocycles. The number of hydrogen-bond acceptors (Lipinski definition) is 3. The van der Waals surface area contributed by atoms with Gasteiger partial charge in [0.2, 0.25) is 5.91 Å². The Balaban J connectivity index is 1.47. The number of hydrogen-bond donors (Lipinski definition) is 1. The van der Waals surface area contributed by atoms with Crippen LogP contribution >= 0.6 is 11.8 Å². The van der Waals surface area contributed by atoms with E-state index in [0.29, 0.717) is 12.3 Å². The molecule has 152 valence electrons. The quantitative estimate of drug-likeness (QED) is 0.577. The molecule has 0 saturated carbocycles. The molecule has 1 fully saturated rings. The number of carbonyl (C=O) groups excluding carboxylic acids is 1. The predicted octanol–water partition coefficient (Wildman–Crippen LogP) is 4.69. The Kier molecular flexibility index (Phi) is 6.26. The summed E-state index contributed by atoms with van der Waals surface area (Å²) in [5.74, 6) is 0.487. The van der Waals surface area contributed by atoms with Crippen molar-refractivity contribution in [3.8, 4) is 0 Å². The minimum Gasteiger partial charge on any atom is -0.376 e. The Morgan fingerprint density at radius 2 is 2.10 bits per heavy atom. The third-order valence-corrected chi connectivity index (χ3v) is 6.55. The minimum absolute atomic E-state index is 0.0665. The van der Waals surface area contributed by atoms with Gasteiger partial charge in [-0.1, -0.05) is 42.0 Å². The lowest BCUT2D eigenvalue weighted by Gasteiger charge is -2.10. The topological polar surface area (TPSA) is 43.3 Å². The smallest absolute Gasteiger partial charge is 0.230 e. The number of ether oxygens (including phenoxy) is 1.